The predicted octanol–water partition coefficient (Wildman–Crippen LogP) is 3.38. The van der Waals surface area contributed by atoms with Gasteiger partial charge in [0, 0.05) is 25.2 Å². The number of sulfonamides is 1. The molecular weight excluding hydrogens is 368 g/mol. The number of benzene rings is 2. The van der Waals surface area contributed by atoms with Gasteiger partial charge in [0.15, 0.2) is 0 Å². The molecule has 1 N–H and O–H groups in total. The highest BCUT2D eigenvalue weighted by Crippen LogP contribution is 2.29. The molecule has 8 nitrogen and oxygen atoms in total. The first-order chi connectivity index (χ1) is 12.8. The van der Waals surface area contributed by atoms with E-state index in [0.717, 1.165) is 17.2 Å². The Morgan fingerprint density at radius 1 is 1.15 bits per heavy atom. The van der Waals surface area contributed by atoms with Crippen LogP contribution in [0.2, 0.25) is 0 Å². The van der Waals surface area contributed by atoms with E-state index in [1.165, 1.54) is 16.4 Å². The minimum Gasteiger partial charge on any atom is -0.277 e. The molecule has 27 heavy (non-hydrogen) atoms. The second-order valence-electron chi connectivity index (χ2n) is 5.81. The molecule has 0 unspecified atom stereocenters. The van der Waals surface area contributed by atoms with Crippen molar-refractivity contribution in [3.8, 4) is 0 Å². The Balaban J connectivity index is 2.40. The van der Waals surface area contributed by atoms with Gasteiger partial charge in [-0.1, -0.05) is 43.7 Å². The number of nitrogens with zero attached hydrogens (tertiary/aromatic N) is 3. The maximum absolute atomic E-state index is 12.9. The Morgan fingerprint density at radius 3 is 2.33 bits per heavy atom. The van der Waals surface area contributed by atoms with E-state index >= 15 is 0 Å². The monoisotopic (exact) mass is 390 g/mol. The summed E-state index contributed by atoms with van der Waals surface area (Å²) >= 11 is 0. The fourth-order valence-electron chi connectivity index (χ4n) is 2.46. The van der Waals surface area contributed by atoms with Gasteiger partial charge in [0.2, 0.25) is 10.0 Å². The Hall–Kier alpha value is -2.78. The fraction of sp³-hybridized carbons (Fsp3) is 0.278. The molecule has 2 aromatic rings. The number of aryl methyl sites for hydroxylation is 1. The van der Waals surface area contributed by atoms with Crippen molar-refractivity contribution in [3.05, 3.63) is 63.7 Å². The zero-order valence-electron chi connectivity index (χ0n) is 15.4. The van der Waals surface area contributed by atoms with Gasteiger partial charge in [0.25, 0.3) is 5.69 Å². The van der Waals surface area contributed by atoms with Crippen molar-refractivity contribution in [2.75, 3.05) is 18.5 Å². The van der Waals surface area contributed by atoms with Gasteiger partial charge >= 0.3 is 0 Å². The lowest BCUT2D eigenvalue weighted by atomic mass is 10.2. The van der Waals surface area contributed by atoms with E-state index < -0.39 is 14.9 Å². The van der Waals surface area contributed by atoms with E-state index in [9.17, 15) is 18.5 Å². The zero-order chi connectivity index (χ0) is 20.0. The molecule has 0 aliphatic carbocycles. The molecule has 0 radical (unpaired) electrons. The summed E-state index contributed by atoms with van der Waals surface area (Å²) in [5.74, 6) is 0. The molecule has 9 heteroatoms. The number of hydrogen-bond donors (Lipinski definition) is 1. The quantitative estimate of drug-likeness (QED) is 0.423. The minimum absolute atomic E-state index is 0.177. The highest BCUT2D eigenvalue weighted by molar-refractivity contribution is 7.89. The van der Waals surface area contributed by atoms with E-state index in [4.69, 9.17) is 0 Å². The van der Waals surface area contributed by atoms with Gasteiger partial charge in [-0.25, -0.2) is 8.42 Å². The van der Waals surface area contributed by atoms with Crippen LogP contribution in [-0.2, 0) is 10.0 Å². The number of nitro groups is 1. The maximum atomic E-state index is 12.9. The molecular formula is C18H22N4O4S. The number of hydrazone groups is 1. The molecule has 0 amide bonds. The summed E-state index contributed by atoms with van der Waals surface area (Å²) in [6.45, 7) is 5.91. The van der Waals surface area contributed by atoms with Gasteiger partial charge in [-0.3, -0.25) is 15.5 Å². The SMILES string of the molecule is CCN(CC)S(=O)(=O)c1cc([N+](=O)[O-])ccc1N/N=C/c1ccc(C)cc1. The van der Waals surface area contributed by atoms with Crippen LogP contribution in [0.15, 0.2) is 52.5 Å². The molecule has 0 spiro atoms. The van der Waals surface area contributed by atoms with Crippen LogP contribution in [0.4, 0.5) is 11.4 Å². The zero-order valence-corrected chi connectivity index (χ0v) is 16.2. The fourth-order valence-corrected chi connectivity index (χ4v) is 4.08. The van der Waals surface area contributed by atoms with Crippen LogP contribution in [0.25, 0.3) is 0 Å². The summed E-state index contributed by atoms with van der Waals surface area (Å²) in [6.07, 6.45) is 1.55. The van der Waals surface area contributed by atoms with Crippen LogP contribution >= 0.6 is 0 Å². The van der Waals surface area contributed by atoms with Crippen LogP contribution in [0.5, 0.6) is 0 Å². The summed E-state index contributed by atoms with van der Waals surface area (Å²) in [5, 5.41) is 15.1. The molecule has 0 aliphatic heterocycles. The van der Waals surface area contributed by atoms with Crippen LogP contribution in [0.3, 0.4) is 0 Å². The smallest absolute Gasteiger partial charge is 0.270 e. The molecule has 2 rings (SSSR count). The van der Waals surface area contributed by atoms with Crippen molar-refractivity contribution < 1.29 is 13.3 Å². The van der Waals surface area contributed by atoms with Gasteiger partial charge in [0.05, 0.1) is 16.8 Å². The molecule has 0 aliphatic rings. The second-order valence-corrected chi connectivity index (χ2v) is 7.71. The highest BCUT2D eigenvalue weighted by Gasteiger charge is 2.27. The first-order valence-electron chi connectivity index (χ1n) is 8.44. The van der Waals surface area contributed by atoms with Crippen molar-refractivity contribution in [1.29, 1.82) is 0 Å². The predicted molar refractivity (Wildman–Crippen MR) is 106 cm³/mol. The first-order valence-corrected chi connectivity index (χ1v) is 9.88. The largest absolute Gasteiger partial charge is 0.277 e. The Bertz CT molecular complexity index is 936. The summed E-state index contributed by atoms with van der Waals surface area (Å²) in [7, 11) is -3.90. The standard InChI is InChI=1S/C18H22N4O4S/c1-4-21(5-2)27(25,26)18-12-16(22(23)24)10-11-17(18)20-19-13-15-8-6-14(3)7-9-15/h6-13,20H,4-5H2,1-3H3/b19-13+. The van der Waals surface area contributed by atoms with E-state index in [1.54, 1.807) is 20.1 Å². The van der Waals surface area contributed by atoms with Crippen LogP contribution < -0.4 is 5.43 Å². The third-order valence-electron chi connectivity index (χ3n) is 3.98. The van der Waals surface area contributed by atoms with Crippen LogP contribution in [-0.4, -0.2) is 37.0 Å². The number of rotatable bonds is 8. The first kappa shape index (κ1) is 20.5. The van der Waals surface area contributed by atoms with Crippen LogP contribution in [0.1, 0.15) is 25.0 Å². The molecule has 144 valence electrons. The van der Waals surface area contributed by atoms with Crippen molar-refractivity contribution in [2.45, 2.75) is 25.7 Å². The average Bonchev–Trinajstić information content (AvgIpc) is 2.64. The van der Waals surface area contributed by atoms with E-state index in [2.05, 4.69) is 10.5 Å². The normalized spacial score (nSPS) is 11.9. The van der Waals surface area contributed by atoms with Crippen LogP contribution in [0, 0.1) is 17.0 Å². The lowest BCUT2D eigenvalue weighted by Gasteiger charge is -2.20. The summed E-state index contributed by atoms with van der Waals surface area (Å²) < 4.78 is 27.0. The van der Waals surface area contributed by atoms with Crippen molar-refractivity contribution >= 4 is 27.6 Å². The molecule has 0 heterocycles. The van der Waals surface area contributed by atoms with Gasteiger partial charge in [-0.05, 0) is 18.6 Å². The van der Waals surface area contributed by atoms with Gasteiger partial charge < -0.3 is 0 Å². The summed E-state index contributed by atoms with van der Waals surface area (Å²) in [6, 6.07) is 11.3. The van der Waals surface area contributed by atoms with Crippen molar-refractivity contribution in [2.24, 2.45) is 5.10 Å². The van der Waals surface area contributed by atoms with E-state index in [-0.39, 0.29) is 29.4 Å². The average molecular weight is 390 g/mol. The lowest BCUT2D eigenvalue weighted by molar-refractivity contribution is -0.385. The third-order valence-corrected chi connectivity index (χ3v) is 6.07. The number of hydrogen-bond acceptors (Lipinski definition) is 6. The Kier molecular flexibility index (Phi) is 6.65. The van der Waals surface area contributed by atoms with Crippen molar-refractivity contribution in [1.82, 2.24) is 4.31 Å². The molecule has 2 aromatic carbocycles. The van der Waals surface area contributed by atoms with Gasteiger partial charge in [0.1, 0.15) is 4.90 Å². The van der Waals surface area contributed by atoms with Gasteiger partial charge in [-0.15, -0.1) is 0 Å². The molecule has 0 bridgehead atoms. The molecule has 0 aromatic heterocycles. The number of anilines is 1. The Labute approximate surface area is 158 Å². The second kappa shape index (κ2) is 8.74. The molecule has 0 saturated heterocycles. The van der Waals surface area contributed by atoms with Gasteiger partial charge in [-0.2, -0.15) is 9.41 Å². The van der Waals surface area contributed by atoms with Crippen molar-refractivity contribution in [3.63, 3.8) is 0 Å². The van der Waals surface area contributed by atoms with E-state index in [0.29, 0.717) is 0 Å². The number of nitro benzene ring substituents is 1. The molecule has 0 atom stereocenters. The van der Waals surface area contributed by atoms with E-state index in [1.807, 2.05) is 31.2 Å². The highest BCUT2D eigenvalue weighted by atomic mass is 32.2. The molecule has 0 fully saturated rings. The number of nitrogens with one attached hydrogen (secondary N) is 1. The Morgan fingerprint density at radius 2 is 1.78 bits per heavy atom. The number of non-ortho nitro benzene ring substituents is 1. The summed E-state index contributed by atoms with van der Waals surface area (Å²) in [5.41, 5.74) is 4.52. The lowest BCUT2D eigenvalue weighted by Crippen LogP contribution is -2.31. The summed E-state index contributed by atoms with van der Waals surface area (Å²) in [4.78, 5) is 10.3. The third kappa shape index (κ3) is 4.89. The topological polar surface area (TPSA) is 105 Å². The minimum atomic E-state index is -3.90. The molecule has 0 saturated carbocycles. The maximum Gasteiger partial charge on any atom is 0.270 e.